The molecule has 0 radical (unpaired) electrons. The van der Waals surface area contributed by atoms with Crippen molar-refractivity contribution in [1.29, 1.82) is 0 Å². The Morgan fingerprint density at radius 2 is 1.90 bits per heavy atom. The van der Waals surface area contributed by atoms with Gasteiger partial charge in [0.1, 0.15) is 6.26 Å². The van der Waals surface area contributed by atoms with E-state index < -0.39 is 0 Å². The first-order chi connectivity index (χ1) is 9.64. The minimum Gasteiger partial charge on any atom is -0.364 e. The van der Waals surface area contributed by atoms with Gasteiger partial charge in [-0.15, -0.1) is 0 Å². The zero-order chi connectivity index (χ0) is 13.7. The van der Waals surface area contributed by atoms with Gasteiger partial charge in [-0.3, -0.25) is 4.79 Å². The van der Waals surface area contributed by atoms with Crippen LogP contribution in [-0.2, 0) is 0 Å². The van der Waals surface area contributed by atoms with Crippen LogP contribution in [0.5, 0.6) is 0 Å². The average Bonchev–Trinajstić information content (AvgIpc) is 2.90. The van der Waals surface area contributed by atoms with Crippen molar-refractivity contribution in [3.8, 4) is 0 Å². The van der Waals surface area contributed by atoms with Gasteiger partial charge in [-0.25, -0.2) is 0 Å². The van der Waals surface area contributed by atoms with Crippen molar-refractivity contribution >= 4 is 5.91 Å². The van der Waals surface area contributed by atoms with Crippen LogP contribution in [0.4, 0.5) is 0 Å². The molecule has 0 aliphatic heterocycles. The maximum absolute atomic E-state index is 12.2. The molecule has 1 amide bonds. The van der Waals surface area contributed by atoms with Crippen molar-refractivity contribution in [3.05, 3.63) is 18.0 Å². The lowest BCUT2D eigenvalue weighted by molar-refractivity contribution is -0.0688. The van der Waals surface area contributed by atoms with Gasteiger partial charge >= 0.3 is 0 Å². The second-order valence-corrected chi connectivity index (χ2v) is 7.36. The van der Waals surface area contributed by atoms with E-state index in [-0.39, 0.29) is 11.9 Å². The number of carbonyl (C=O) groups is 1. The summed E-state index contributed by atoms with van der Waals surface area (Å²) in [5.74, 6) is 2.63. The van der Waals surface area contributed by atoms with Gasteiger partial charge in [-0.1, -0.05) is 5.16 Å². The Balaban J connectivity index is 1.51. The molecule has 20 heavy (non-hydrogen) atoms. The molecule has 1 heterocycles. The fourth-order valence-electron chi connectivity index (χ4n) is 5.46. The molecule has 4 bridgehead atoms. The quantitative estimate of drug-likeness (QED) is 0.921. The molecule has 108 valence electrons. The predicted molar refractivity (Wildman–Crippen MR) is 74.0 cm³/mol. The number of nitrogens with zero attached hydrogens (tertiary/aromatic N) is 1. The third kappa shape index (κ3) is 1.88. The number of carbonyl (C=O) groups excluding carboxylic acids is 1. The Labute approximate surface area is 119 Å². The molecule has 4 nitrogen and oxygen atoms in total. The van der Waals surface area contributed by atoms with Crippen LogP contribution in [0.25, 0.3) is 0 Å². The molecule has 4 aliphatic rings. The minimum atomic E-state index is -0.0954. The van der Waals surface area contributed by atoms with Crippen LogP contribution in [-0.4, -0.2) is 17.1 Å². The highest BCUT2D eigenvalue weighted by Crippen LogP contribution is 2.61. The Kier molecular flexibility index (Phi) is 2.69. The van der Waals surface area contributed by atoms with Crippen molar-refractivity contribution in [2.75, 3.05) is 0 Å². The molecule has 1 aromatic rings. The van der Waals surface area contributed by atoms with Crippen LogP contribution >= 0.6 is 0 Å². The largest absolute Gasteiger partial charge is 0.364 e. The number of hydrogen-bond donors (Lipinski definition) is 1. The summed E-state index contributed by atoms with van der Waals surface area (Å²) in [4.78, 5) is 12.2. The summed E-state index contributed by atoms with van der Waals surface area (Å²) in [5, 5.41) is 6.91. The first-order valence-electron chi connectivity index (χ1n) is 7.86. The highest BCUT2D eigenvalue weighted by atomic mass is 16.5. The van der Waals surface area contributed by atoms with Crippen LogP contribution in [0, 0.1) is 23.2 Å². The molecule has 4 aliphatic carbocycles. The topological polar surface area (TPSA) is 55.1 Å². The normalized spacial score (nSPS) is 39.8. The Bertz CT molecular complexity index is 473. The smallest absolute Gasteiger partial charge is 0.273 e. The highest BCUT2D eigenvalue weighted by molar-refractivity contribution is 5.92. The van der Waals surface area contributed by atoms with Gasteiger partial charge in [0.25, 0.3) is 5.91 Å². The number of amides is 1. The lowest BCUT2D eigenvalue weighted by Crippen LogP contribution is -2.55. The van der Waals surface area contributed by atoms with Crippen LogP contribution in [0.3, 0.4) is 0 Å². The molecule has 4 saturated carbocycles. The fourth-order valence-corrected chi connectivity index (χ4v) is 5.46. The second kappa shape index (κ2) is 4.34. The number of nitrogens with one attached hydrogen (secondary N) is 1. The van der Waals surface area contributed by atoms with Crippen LogP contribution in [0.1, 0.15) is 55.9 Å². The van der Waals surface area contributed by atoms with E-state index in [2.05, 4.69) is 17.4 Å². The van der Waals surface area contributed by atoms with Crippen molar-refractivity contribution < 1.29 is 9.32 Å². The fraction of sp³-hybridized carbons (Fsp3) is 0.750. The molecule has 1 unspecified atom stereocenters. The number of aromatic nitrogens is 1. The molecule has 4 heteroatoms. The molecule has 0 aromatic carbocycles. The average molecular weight is 274 g/mol. The van der Waals surface area contributed by atoms with Gasteiger partial charge in [0, 0.05) is 12.1 Å². The summed E-state index contributed by atoms with van der Waals surface area (Å²) in [6.45, 7) is 2.19. The van der Waals surface area contributed by atoms with E-state index >= 15 is 0 Å². The Morgan fingerprint density at radius 1 is 1.30 bits per heavy atom. The molecule has 5 rings (SSSR count). The standard InChI is InChI=1S/C16H22N2O2/c1-10(17-15(19)14-2-3-20-18-14)16-7-11-4-12(8-16)6-13(5-11)9-16/h2-3,10-13H,4-9H2,1H3,(H,17,19). The maximum atomic E-state index is 12.2. The summed E-state index contributed by atoms with van der Waals surface area (Å²) in [7, 11) is 0. The summed E-state index contributed by atoms with van der Waals surface area (Å²) in [6, 6.07) is 1.86. The monoisotopic (exact) mass is 274 g/mol. The number of rotatable bonds is 3. The Hall–Kier alpha value is -1.32. The molecule has 1 aromatic heterocycles. The summed E-state index contributed by atoms with van der Waals surface area (Å²) in [6.07, 6.45) is 9.66. The molecular weight excluding hydrogens is 252 g/mol. The third-order valence-electron chi connectivity index (χ3n) is 6.02. The van der Waals surface area contributed by atoms with Gasteiger partial charge in [0.2, 0.25) is 0 Å². The van der Waals surface area contributed by atoms with Gasteiger partial charge in [-0.2, -0.15) is 0 Å². The van der Waals surface area contributed by atoms with E-state index in [1.165, 1.54) is 44.8 Å². The summed E-state index contributed by atoms with van der Waals surface area (Å²) < 4.78 is 4.76. The van der Waals surface area contributed by atoms with Crippen molar-refractivity contribution in [2.24, 2.45) is 23.2 Å². The first-order valence-corrected chi connectivity index (χ1v) is 7.86. The molecule has 1 atom stereocenters. The summed E-state index contributed by atoms with van der Waals surface area (Å²) in [5.41, 5.74) is 0.732. The van der Waals surface area contributed by atoms with E-state index in [1.807, 2.05) is 0 Å². The zero-order valence-electron chi connectivity index (χ0n) is 12.0. The second-order valence-electron chi connectivity index (χ2n) is 7.36. The van der Waals surface area contributed by atoms with Crippen molar-refractivity contribution in [1.82, 2.24) is 10.5 Å². The number of hydrogen-bond acceptors (Lipinski definition) is 3. The third-order valence-corrected chi connectivity index (χ3v) is 6.02. The van der Waals surface area contributed by atoms with Crippen LogP contribution in [0.15, 0.2) is 16.9 Å². The highest BCUT2D eigenvalue weighted by Gasteiger charge is 2.53. The van der Waals surface area contributed by atoms with E-state index in [1.54, 1.807) is 6.07 Å². The van der Waals surface area contributed by atoms with Gasteiger partial charge in [0.15, 0.2) is 5.69 Å². The van der Waals surface area contributed by atoms with E-state index in [4.69, 9.17) is 4.52 Å². The van der Waals surface area contributed by atoms with E-state index in [9.17, 15) is 4.79 Å². The maximum Gasteiger partial charge on any atom is 0.273 e. The SMILES string of the molecule is CC(NC(=O)c1ccon1)C12CC3CC(CC(C3)C1)C2. The van der Waals surface area contributed by atoms with Crippen LogP contribution < -0.4 is 5.32 Å². The van der Waals surface area contributed by atoms with Crippen LogP contribution in [0.2, 0.25) is 0 Å². The molecule has 4 fully saturated rings. The van der Waals surface area contributed by atoms with Gasteiger partial charge < -0.3 is 9.84 Å². The summed E-state index contributed by atoms with van der Waals surface area (Å²) >= 11 is 0. The predicted octanol–water partition coefficient (Wildman–Crippen LogP) is 3.01. The first kappa shape index (κ1) is 12.4. The molecule has 1 N–H and O–H groups in total. The lowest BCUT2D eigenvalue weighted by atomic mass is 9.48. The van der Waals surface area contributed by atoms with Crippen molar-refractivity contribution in [2.45, 2.75) is 51.5 Å². The Morgan fingerprint density at radius 3 is 2.40 bits per heavy atom. The van der Waals surface area contributed by atoms with E-state index in [0.717, 1.165) is 17.8 Å². The zero-order valence-corrected chi connectivity index (χ0v) is 12.0. The molecule has 0 spiro atoms. The van der Waals surface area contributed by atoms with E-state index in [0.29, 0.717) is 11.1 Å². The van der Waals surface area contributed by atoms with Crippen molar-refractivity contribution in [3.63, 3.8) is 0 Å². The molecular formula is C16H22N2O2. The van der Waals surface area contributed by atoms with Gasteiger partial charge in [0.05, 0.1) is 0 Å². The van der Waals surface area contributed by atoms with Gasteiger partial charge in [-0.05, 0) is 68.6 Å². The minimum absolute atomic E-state index is 0.0954. The molecule has 0 saturated heterocycles. The lowest BCUT2D eigenvalue weighted by Gasteiger charge is -2.59.